The van der Waals surface area contributed by atoms with E-state index in [9.17, 15) is 4.39 Å². The summed E-state index contributed by atoms with van der Waals surface area (Å²) < 4.78 is 14.2. The van der Waals surface area contributed by atoms with Crippen LogP contribution in [0.25, 0.3) is 0 Å². The Morgan fingerprint density at radius 2 is 2.07 bits per heavy atom. The van der Waals surface area contributed by atoms with Crippen molar-refractivity contribution in [3.63, 3.8) is 0 Å². The zero-order valence-electron chi connectivity index (χ0n) is 8.67. The molecular weight excluding hydrogens is 193 g/mol. The minimum absolute atomic E-state index is 0.230. The fourth-order valence-electron chi connectivity index (χ4n) is 2.06. The van der Waals surface area contributed by atoms with Crippen LogP contribution in [0.2, 0.25) is 0 Å². The summed E-state index contributed by atoms with van der Waals surface area (Å²) in [6, 6.07) is 6.78. The predicted octanol–water partition coefficient (Wildman–Crippen LogP) is 2.03. The van der Waals surface area contributed by atoms with Gasteiger partial charge in [0.1, 0.15) is 11.4 Å². The summed E-state index contributed by atoms with van der Waals surface area (Å²) in [4.78, 5) is 0. The van der Waals surface area contributed by atoms with Crippen molar-refractivity contribution in [1.29, 1.82) is 0 Å². The van der Waals surface area contributed by atoms with Crippen LogP contribution in [0.15, 0.2) is 24.3 Å². The third-order valence-electron chi connectivity index (χ3n) is 2.88. The molecule has 1 aromatic rings. The van der Waals surface area contributed by atoms with E-state index >= 15 is 0 Å². The number of rotatable bonds is 2. The standard InChI is InChI=1S/C12H16FNO/c13-12(6-1-7-14-9-12)8-10-2-4-11(15)5-3-10/h2-5,14-15H,1,6-9H2. The number of phenols is 1. The Bertz CT molecular complexity index is 317. The van der Waals surface area contributed by atoms with Gasteiger partial charge in [0, 0.05) is 13.0 Å². The smallest absolute Gasteiger partial charge is 0.127 e. The van der Waals surface area contributed by atoms with E-state index in [1.165, 1.54) is 0 Å². The third-order valence-corrected chi connectivity index (χ3v) is 2.88. The topological polar surface area (TPSA) is 32.3 Å². The van der Waals surface area contributed by atoms with E-state index in [0.717, 1.165) is 18.5 Å². The molecule has 82 valence electrons. The minimum atomic E-state index is -1.12. The summed E-state index contributed by atoms with van der Waals surface area (Å²) in [6.45, 7) is 1.36. The van der Waals surface area contributed by atoms with E-state index in [1.54, 1.807) is 24.3 Å². The van der Waals surface area contributed by atoms with Crippen LogP contribution in [0.4, 0.5) is 4.39 Å². The molecular formula is C12H16FNO. The molecule has 0 saturated carbocycles. The molecule has 0 aromatic heterocycles. The van der Waals surface area contributed by atoms with E-state index in [0.29, 0.717) is 19.4 Å². The lowest BCUT2D eigenvalue weighted by Crippen LogP contribution is -2.43. The van der Waals surface area contributed by atoms with Gasteiger partial charge in [0.25, 0.3) is 0 Å². The van der Waals surface area contributed by atoms with Crippen molar-refractivity contribution in [3.05, 3.63) is 29.8 Å². The summed E-state index contributed by atoms with van der Waals surface area (Å²) >= 11 is 0. The second-order valence-electron chi connectivity index (χ2n) is 4.27. The van der Waals surface area contributed by atoms with Crippen molar-refractivity contribution in [3.8, 4) is 5.75 Å². The summed E-state index contributed by atoms with van der Waals surface area (Å²) in [6.07, 6.45) is 1.95. The second kappa shape index (κ2) is 4.19. The van der Waals surface area contributed by atoms with E-state index in [4.69, 9.17) is 5.11 Å². The molecule has 1 atom stereocenters. The van der Waals surface area contributed by atoms with Crippen LogP contribution in [-0.2, 0) is 6.42 Å². The summed E-state index contributed by atoms with van der Waals surface area (Å²) in [5.74, 6) is 0.230. The highest BCUT2D eigenvalue weighted by molar-refractivity contribution is 5.27. The van der Waals surface area contributed by atoms with Crippen molar-refractivity contribution in [1.82, 2.24) is 5.32 Å². The van der Waals surface area contributed by atoms with Crippen LogP contribution >= 0.6 is 0 Å². The highest BCUT2D eigenvalue weighted by Gasteiger charge is 2.31. The Kier molecular flexibility index (Phi) is 2.91. The normalized spacial score (nSPS) is 26.5. The van der Waals surface area contributed by atoms with Crippen LogP contribution in [0, 0.1) is 0 Å². The molecule has 0 radical (unpaired) electrons. The SMILES string of the molecule is Oc1ccc(CC2(F)CCCNC2)cc1. The molecule has 1 aliphatic heterocycles. The number of aromatic hydroxyl groups is 1. The lowest BCUT2D eigenvalue weighted by Gasteiger charge is -2.30. The first-order chi connectivity index (χ1) is 7.18. The maximum Gasteiger partial charge on any atom is 0.127 e. The van der Waals surface area contributed by atoms with Crippen LogP contribution in [-0.4, -0.2) is 23.9 Å². The van der Waals surface area contributed by atoms with Gasteiger partial charge < -0.3 is 10.4 Å². The second-order valence-corrected chi connectivity index (χ2v) is 4.27. The summed E-state index contributed by atoms with van der Waals surface area (Å²) in [7, 11) is 0. The van der Waals surface area contributed by atoms with Gasteiger partial charge in [-0.05, 0) is 37.1 Å². The molecule has 1 unspecified atom stereocenters. The number of alkyl halides is 1. The van der Waals surface area contributed by atoms with Gasteiger partial charge in [-0.15, -0.1) is 0 Å². The van der Waals surface area contributed by atoms with E-state index < -0.39 is 5.67 Å². The largest absolute Gasteiger partial charge is 0.508 e. The van der Waals surface area contributed by atoms with Crippen molar-refractivity contribution >= 4 is 0 Å². The molecule has 0 amide bonds. The molecule has 0 aliphatic carbocycles. The van der Waals surface area contributed by atoms with Gasteiger partial charge in [-0.3, -0.25) is 0 Å². The van der Waals surface area contributed by atoms with E-state index in [1.807, 2.05) is 0 Å². The fourth-order valence-corrected chi connectivity index (χ4v) is 2.06. The van der Waals surface area contributed by atoms with Crippen LogP contribution in [0.5, 0.6) is 5.75 Å². The molecule has 0 bridgehead atoms. The fraction of sp³-hybridized carbons (Fsp3) is 0.500. The highest BCUT2D eigenvalue weighted by atomic mass is 19.1. The van der Waals surface area contributed by atoms with Gasteiger partial charge in [0.2, 0.25) is 0 Å². The molecule has 1 saturated heterocycles. The maximum atomic E-state index is 14.2. The summed E-state index contributed by atoms with van der Waals surface area (Å²) in [5.41, 5.74) is -0.172. The van der Waals surface area contributed by atoms with Gasteiger partial charge in [-0.2, -0.15) is 0 Å². The lowest BCUT2D eigenvalue weighted by atomic mass is 9.89. The van der Waals surface area contributed by atoms with Crippen LogP contribution in [0.1, 0.15) is 18.4 Å². The Morgan fingerprint density at radius 3 is 2.67 bits per heavy atom. The number of phenolic OH excluding ortho intramolecular Hbond substituents is 1. The number of hydrogen-bond donors (Lipinski definition) is 2. The first kappa shape index (κ1) is 10.4. The van der Waals surface area contributed by atoms with E-state index in [-0.39, 0.29) is 5.75 Å². The maximum absolute atomic E-state index is 14.2. The van der Waals surface area contributed by atoms with Crippen molar-refractivity contribution < 1.29 is 9.50 Å². The first-order valence-electron chi connectivity index (χ1n) is 5.36. The van der Waals surface area contributed by atoms with Crippen LogP contribution in [0.3, 0.4) is 0 Å². The zero-order chi connectivity index (χ0) is 10.7. The Morgan fingerprint density at radius 1 is 1.33 bits per heavy atom. The molecule has 15 heavy (non-hydrogen) atoms. The number of benzene rings is 1. The van der Waals surface area contributed by atoms with Gasteiger partial charge in [-0.25, -0.2) is 4.39 Å². The van der Waals surface area contributed by atoms with Crippen molar-refractivity contribution in [2.45, 2.75) is 24.9 Å². The van der Waals surface area contributed by atoms with Crippen molar-refractivity contribution in [2.24, 2.45) is 0 Å². The molecule has 2 N–H and O–H groups in total. The quantitative estimate of drug-likeness (QED) is 0.781. The van der Waals surface area contributed by atoms with Gasteiger partial charge in [0.15, 0.2) is 0 Å². The lowest BCUT2D eigenvalue weighted by molar-refractivity contribution is 0.122. The van der Waals surface area contributed by atoms with E-state index in [2.05, 4.69) is 5.32 Å². The molecule has 1 heterocycles. The van der Waals surface area contributed by atoms with Gasteiger partial charge in [0.05, 0.1) is 0 Å². The Balaban J connectivity index is 2.03. The molecule has 3 heteroatoms. The minimum Gasteiger partial charge on any atom is -0.508 e. The van der Waals surface area contributed by atoms with Gasteiger partial charge >= 0.3 is 0 Å². The summed E-state index contributed by atoms with van der Waals surface area (Å²) in [5, 5.41) is 12.2. The monoisotopic (exact) mass is 209 g/mol. The molecule has 2 rings (SSSR count). The van der Waals surface area contributed by atoms with Crippen molar-refractivity contribution in [2.75, 3.05) is 13.1 Å². The molecule has 1 fully saturated rings. The number of hydrogen-bond acceptors (Lipinski definition) is 2. The predicted molar refractivity (Wildman–Crippen MR) is 57.8 cm³/mol. The average Bonchev–Trinajstić information content (AvgIpc) is 2.22. The molecule has 2 nitrogen and oxygen atoms in total. The average molecular weight is 209 g/mol. The molecule has 1 aliphatic rings. The number of nitrogens with one attached hydrogen (secondary N) is 1. The first-order valence-corrected chi connectivity index (χ1v) is 5.36. The molecule has 0 spiro atoms. The highest BCUT2D eigenvalue weighted by Crippen LogP contribution is 2.26. The number of piperidine rings is 1. The Hall–Kier alpha value is -1.09. The van der Waals surface area contributed by atoms with Gasteiger partial charge in [-0.1, -0.05) is 12.1 Å². The third kappa shape index (κ3) is 2.69. The number of halogens is 1. The van der Waals surface area contributed by atoms with Crippen LogP contribution < -0.4 is 5.32 Å². The Labute approximate surface area is 89.1 Å². The molecule has 1 aromatic carbocycles. The zero-order valence-corrected chi connectivity index (χ0v) is 8.67.